The van der Waals surface area contributed by atoms with Crippen molar-refractivity contribution in [2.45, 2.75) is 10.7 Å². The van der Waals surface area contributed by atoms with Gasteiger partial charge < -0.3 is 0 Å². The molecule has 0 bridgehead atoms. The molecule has 28 heavy (non-hydrogen) atoms. The van der Waals surface area contributed by atoms with Crippen LogP contribution < -0.4 is 5.43 Å². The molecule has 0 N–H and O–H groups in total. The van der Waals surface area contributed by atoms with Crippen LogP contribution in [-0.2, 0) is 10.7 Å². The van der Waals surface area contributed by atoms with E-state index in [1.807, 2.05) is 72.8 Å². The lowest BCUT2D eigenvalue weighted by Gasteiger charge is -2.06. The van der Waals surface area contributed by atoms with Gasteiger partial charge in [0.15, 0.2) is 5.43 Å². The molecule has 0 amide bonds. The topological polar surface area (TPSA) is 17.1 Å². The first-order chi connectivity index (χ1) is 13.7. The summed E-state index contributed by atoms with van der Waals surface area (Å²) in [6, 6.07) is 28.2. The van der Waals surface area contributed by atoms with E-state index >= 15 is 0 Å². The summed E-state index contributed by atoms with van der Waals surface area (Å²) in [7, 11) is 0. The molecule has 0 radical (unpaired) electrons. The first kappa shape index (κ1) is 19.1. The van der Waals surface area contributed by atoms with Gasteiger partial charge in [-0.3, -0.25) is 4.79 Å². The van der Waals surface area contributed by atoms with Crippen molar-refractivity contribution in [3.63, 3.8) is 0 Å². The molecule has 0 saturated heterocycles. The number of fused-ring (bicyclic) bond motifs is 1. The first-order valence-corrected chi connectivity index (χ1v) is 11.3. The Bertz CT molecular complexity index is 1090. The van der Waals surface area contributed by atoms with Gasteiger partial charge in [-0.15, -0.1) is 0 Å². The van der Waals surface area contributed by atoms with E-state index in [2.05, 4.69) is 44.0 Å². The van der Waals surface area contributed by atoms with Crippen molar-refractivity contribution in [2.75, 3.05) is 0 Å². The summed E-state index contributed by atoms with van der Waals surface area (Å²) in [4.78, 5) is 13.6. The number of alkyl halides is 2. The van der Waals surface area contributed by atoms with Gasteiger partial charge in [-0.1, -0.05) is 92.5 Å². The van der Waals surface area contributed by atoms with Crippen LogP contribution in [0, 0.1) is 0 Å². The molecular weight excluding hydrogens is 476 g/mol. The van der Waals surface area contributed by atoms with E-state index in [-0.39, 0.29) is 5.43 Å². The molecule has 4 aromatic carbocycles. The van der Waals surface area contributed by atoms with Gasteiger partial charge in [-0.25, -0.2) is 0 Å². The van der Waals surface area contributed by atoms with Gasteiger partial charge in [0.1, 0.15) is 0 Å². The molecule has 0 aliphatic carbocycles. The number of halogens is 2. The Morgan fingerprint density at radius 3 is 1.32 bits per heavy atom. The molecule has 0 unspecified atom stereocenters. The van der Waals surface area contributed by atoms with Gasteiger partial charge >= 0.3 is 0 Å². The molecule has 4 aromatic rings. The lowest BCUT2D eigenvalue weighted by atomic mass is 10.0. The summed E-state index contributed by atoms with van der Waals surface area (Å²) in [5.74, 6) is 0. The minimum absolute atomic E-state index is 0.0504. The van der Waals surface area contributed by atoms with Crippen LogP contribution >= 0.6 is 31.9 Å². The van der Waals surface area contributed by atoms with Crippen molar-refractivity contribution in [1.82, 2.24) is 0 Å². The monoisotopic (exact) mass is 492 g/mol. The van der Waals surface area contributed by atoms with Gasteiger partial charge in [-0.2, -0.15) is 0 Å². The number of hydrogen-bond donors (Lipinski definition) is 0. The minimum atomic E-state index is 0.0504. The molecule has 0 spiro atoms. The standard InChI is InChI=1S/C25H18Br2O/c26-15-21-11-19-13-23(17-7-3-1-4-8-17)25(28)24(18-9-5-2-6-10-18)14-20(19)12-22(21)16-27/h1-14H,15-16H2. The van der Waals surface area contributed by atoms with E-state index in [9.17, 15) is 4.79 Å². The molecular formula is C25H18Br2O. The minimum Gasteiger partial charge on any atom is -0.289 e. The Morgan fingerprint density at radius 1 is 0.571 bits per heavy atom. The fourth-order valence-electron chi connectivity index (χ4n) is 3.48. The molecule has 138 valence electrons. The largest absolute Gasteiger partial charge is 0.289 e. The van der Waals surface area contributed by atoms with Crippen molar-refractivity contribution in [3.8, 4) is 22.3 Å². The molecule has 0 saturated carbocycles. The average Bonchev–Trinajstić information content (AvgIpc) is 2.90. The summed E-state index contributed by atoms with van der Waals surface area (Å²) in [6.07, 6.45) is 0. The Balaban J connectivity index is 2.14. The van der Waals surface area contributed by atoms with Crippen LogP contribution in [-0.4, -0.2) is 0 Å². The molecule has 0 atom stereocenters. The Kier molecular flexibility index (Phi) is 5.74. The molecule has 0 aliphatic heterocycles. The average molecular weight is 494 g/mol. The predicted molar refractivity (Wildman–Crippen MR) is 126 cm³/mol. The summed E-state index contributed by atoms with van der Waals surface area (Å²) < 4.78 is 0. The van der Waals surface area contributed by atoms with Crippen molar-refractivity contribution in [3.05, 3.63) is 106 Å². The second kappa shape index (κ2) is 8.42. The molecule has 4 rings (SSSR count). The van der Waals surface area contributed by atoms with Crippen molar-refractivity contribution in [1.29, 1.82) is 0 Å². The quantitative estimate of drug-likeness (QED) is 0.272. The van der Waals surface area contributed by atoms with Crippen LogP contribution in [0.25, 0.3) is 33.0 Å². The van der Waals surface area contributed by atoms with E-state index < -0.39 is 0 Å². The lowest BCUT2D eigenvalue weighted by Crippen LogP contribution is -2.04. The smallest absolute Gasteiger partial charge is 0.194 e. The molecule has 3 heteroatoms. The highest BCUT2D eigenvalue weighted by molar-refractivity contribution is 9.09. The van der Waals surface area contributed by atoms with Crippen LogP contribution in [0.2, 0.25) is 0 Å². The zero-order chi connectivity index (χ0) is 19.5. The van der Waals surface area contributed by atoms with Gasteiger partial charge in [0.2, 0.25) is 0 Å². The van der Waals surface area contributed by atoms with Crippen LogP contribution in [0.4, 0.5) is 0 Å². The zero-order valence-electron chi connectivity index (χ0n) is 15.2. The third-order valence-corrected chi connectivity index (χ3v) is 6.16. The number of hydrogen-bond acceptors (Lipinski definition) is 1. The van der Waals surface area contributed by atoms with Crippen molar-refractivity contribution in [2.24, 2.45) is 0 Å². The molecule has 0 aliphatic rings. The molecule has 0 fully saturated rings. The Hall–Kier alpha value is -2.23. The lowest BCUT2D eigenvalue weighted by molar-refractivity contribution is 1.32. The highest BCUT2D eigenvalue weighted by atomic mass is 79.9. The van der Waals surface area contributed by atoms with Crippen LogP contribution in [0.5, 0.6) is 0 Å². The first-order valence-electron chi connectivity index (χ1n) is 9.08. The van der Waals surface area contributed by atoms with Crippen molar-refractivity contribution < 1.29 is 0 Å². The number of benzene rings is 3. The van der Waals surface area contributed by atoms with E-state index in [1.165, 1.54) is 11.1 Å². The van der Waals surface area contributed by atoms with Gasteiger partial charge in [0.05, 0.1) is 0 Å². The maximum Gasteiger partial charge on any atom is 0.194 e. The summed E-state index contributed by atoms with van der Waals surface area (Å²) >= 11 is 7.19. The maximum atomic E-state index is 13.6. The van der Waals surface area contributed by atoms with Crippen molar-refractivity contribution >= 4 is 42.6 Å². The summed E-state index contributed by atoms with van der Waals surface area (Å²) in [6.45, 7) is 0. The highest BCUT2D eigenvalue weighted by Crippen LogP contribution is 2.29. The van der Waals surface area contributed by atoms with Crippen LogP contribution in [0.3, 0.4) is 0 Å². The third-order valence-electron chi connectivity index (χ3n) is 4.95. The maximum absolute atomic E-state index is 13.6. The second-order valence-electron chi connectivity index (χ2n) is 6.69. The molecule has 0 heterocycles. The Labute approximate surface area is 181 Å². The summed E-state index contributed by atoms with van der Waals surface area (Å²) in [5.41, 5.74) is 5.82. The summed E-state index contributed by atoms with van der Waals surface area (Å²) in [5, 5.41) is 3.69. The highest BCUT2D eigenvalue weighted by Gasteiger charge is 2.12. The Morgan fingerprint density at radius 2 is 0.964 bits per heavy atom. The fourth-order valence-corrected chi connectivity index (χ4v) is 4.52. The molecule has 0 aromatic heterocycles. The second-order valence-corrected chi connectivity index (χ2v) is 7.82. The van der Waals surface area contributed by atoms with Gasteiger partial charge in [0.25, 0.3) is 0 Å². The molecule has 1 nitrogen and oxygen atoms in total. The van der Waals surface area contributed by atoms with E-state index in [0.717, 1.165) is 43.7 Å². The van der Waals surface area contributed by atoms with E-state index in [0.29, 0.717) is 0 Å². The normalized spacial score (nSPS) is 10.9. The van der Waals surface area contributed by atoms with Gasteiger partial charge in [0, 0.05) is 21.8 Å². The zero-order valence-corrected chi connectivity index (χ0v) is 18.3. The van der Waals surface area contributed by atoms with Gasteiger partial charge in [-0.05, 0) is 57.3 Å². The SMILES string of the molecule is O=c1c(-c2ccccc2)cc2cc(CBr)c(CBr)cc2cc1-c1ccccc1. The number of rotatable bonds is 4. The van der Waals surface area contributed by atoms with Crippen LogP contribution in [0.15, 0.2) is 89.7 Å². The third kappa shape index (κ3) is 3.69. The predicted octanol–water partition coefficient (Wildman–Crippen LogP) is 7.32. The fraction of sp³-hybridized carbons (Fsp3) is 0.0800. The van der Waals surface area contributed by atoms with E-state index in [4.69, 9.17) is 0 Å². The van der Waals surface area contributed by atoms with E-state index in [1.54, 1.807) is 0 Å². The van der Waals surface area contributed by atoms with Crippen LogP contribution in [0.1, 0.15) is 11.1 Å².